The molecule has 0 spiro atoms. The van der Waals surface area contributed by atoms with E-state index >= 15 is 0 Å². The van der Waals surface area contributed by atoms with E-state index in [1.54, 1.807) is 6.20 Å². The van der Waals surface area contributed by atoms with Gasteiger partial charge in [-0.3, -0.25) is 9.78 Å². The maximum Gasteiger partial charge on any atom is 0.269 e. The van der Waals surface area contributed by atoms with Crippen LogP contribution in [0.5, 0.6) is 0 Å². The molecule has 3 heterocycles. The highest BCUT2D eigenvalue weighted by atomic mass is 32.1. The number of rotatable bonds is 6. The fraction of sp³-hybridized carbons (Fsp3) is 0.312. The topological polar surface area (TPSA) is 96.5 Å². The summed E-state index contributed by atoms with van der Waals surface area (Å²) in [6.45, 7) is 4.45. The summed E-state index contributed by atoms with van der Waals surface area (Å²) in [6.07, 6.45) is 3.28. The van der Waals surface area contributed by atoms with Crippen molar-refractivity contribution in [3.63, 3.8) is 0 Å². The van der Waals surface area contributed by atoms with Crippen LogP contribution < -0.4 is 10.9 Å². The van der Waals surface area contributed by atoms with Crippen molar-refractivity contribution in [1.82, 2.24) is 25.4 Å². The van der Waals surface area contributed by atoms with Crippen molar-refractivity contribution in [1.29, 1.82) is 0 Å². The number of anilines is 1. The Morgan fingerprint density at radius 2 is 2.04 bits per heavy atom. The highest BCUT2D eigenvalue weighted by Crippen LogP contribution is 2.24. The van der Waals surface area contributed by atoms with Gasteiger partial charge in [-0.15, -0.1) is 10.2 Å². The van der Waals surface area contributed by atoms with Crippen molar-refractivity contribution in [3.05, 3.63) is 51.6 Å². The lowest BCUT2D eigenvalue weighted by atomic mass is 10.0. The van der Waals surface area contributed by atoms with E-state index in [9.17, 15) is 4.79 Å². The molecule has 0 atom stereocenters. The zero-order valence-electron chi connectivity index (χ0n) is 13.5. The van der Waals surface area contributed by atoms with E-state index < -0.39 is 0 Å². The number of nitrogens with zero attached hydrogens (tertiary/aromatic N) is 4. The highest BCUT2D eigenvalue weighted by Gasteiger charge is 2.13. The lowest BCUT2D eigenvalue weighted by Crippen LogP contribution is -2.22. The van der Waals surface area contributed by atoms with Crippen LogP contribution in [0, 0.1) is 0 Å². The van der Waals surface area contributed by atoms with Gasteiger partial charge in [0.15, 0.2) is 5.01 Å². The first-order valence-corrected chi connectivity index (χ1v) is 8.62. The SMILES string of the molecule is CCc1n[nH]c(=O)c(CNc2nnc(-c3ccccn3)s2)c1CC. The lowest BCUT2D eigenvalue weighted by molar-refractivity contribution is 0.826. The van der Waals surface area contributed by atoms with E-state index in [4.69, 9.17) is 0 Å². The average Bonchev–Trinajstić information content (AvgIpc) is 3.10. The summed E-state index contributed by atoms with van der Waals surface area (Å²) in [7, 11) is 0. The van der Waals surface area contributed by atoms with E-state index in [1.807, 2.05) is 32.0 Å². The lowest BCUT2D eigenvalue weighted by Gasteiger charge is -2.10. The Labute approximate surface area is 143 Å². The first-order chi connectivity index (χ1) is 11.7. The summed E-state index contributed by atoms with van der Waals surface area (Å²) in [5.41, 5.74) is 3.26. The smallest absolute Gasteiger partial charge is 0.269 e. The summed E-state index contributed by atoms with van der Waals surface area (Å²) in [5.74, 6) is 0. The van der Waals surface area contributed by atoms with E-state index in [0.717, 1.165) is 34.8 Å². The Hall–Kier alpha value is -2.61. The van der Waals surface area contributed by atoms with E-state index in [2.05, 4.69) is 30.7 Å². The molecule has 0 aliphatic heterocycles. The molecular weight excluding hydrogens is 324 g/mol. The van der Waals surface area contributed by atoms with E-state index in [1.165, 1.54) is 11.3 Å². The van der Waals surface area contributed by atoms with Crippen LogP contribution in [-0.4, -0.2) is 25.4 Å². The molecule has 8 heteroatoms. The fourth-order valence-corrected chi connectivity index (χ4v) is 3.23. The zero-order valence-corrected chi connectivity index (χ0v) is 14.4. The van der Waals surface area contributed by atoms with Gasteiger partial charge in [0, 0.05) is 18.3 Å². The summed E-state index contributed by atoms with van der Waals surface area (Å²) >= 11 is 1.41. The van der Waals surface area contributed by atoms with Crippen LogP contribution in [0.25, 0.3) is 10.7 Å². The van der Waals surface area contributed by atoms with Crippen LogP contribution >= 0.6 is 11.3 Å². The molecule has 124 valence electrons. The van der Waals surface area contributed by atoms with Gasteiger partial charge in [-0.1, -0.05) is 31.3 Å². The second kappa shape index (κ2) is 7.31. The van der Waals surface area contributed by atoms with Gasteiger partial charge in [-0.2, -0.15) is 5.10 Å². The van der Waals surface area contributed by atoms with Crippen molar-refractivity contribution < 1.29 is 0 Å². The molecule has 3 aromatic heterocycles. The summed E-state index contributed by atoms with van der Waals surface area (Å²) in [6, 6.07) is 5.66. The van der Waals surface area contributed by atoms with Crippen LogP contribution in [0.4, 0.5) is 5.13 Å². The maximum absolute atomic E-state index is 12.1. The summed E-state index contributed by atoms with van der Waals surface area (Å²) < 4.78 is 0. The van der Waals surface area contributed by atoms with Gasteiger partial charge < -0.3 is 5.32 Å². The van der Waals surface area contributed by atoms with Crippen LogP contribution in [0.2, 0.25) is 0 Å². The molecule has 0 aliphatic rings. The van der Waals surface area contributed by atoms with Crippen LogP contribution in [0.3, 0.4) is 0 Å². The Bertz CT molecular complexity index is 874. The number of aromatic nitrogens is 5. The van der Waals surface area contributed by atoms with Gasteiger partial charge in [-0.05, 0) is 30.5 Å². The van der Waals surface area contributed by atoms with Gasteiger partial charge >= 0.3 is 0 Å². The minimum absolute atomic E-state index is 0.161. The average molecular weight is 342 g/mol. The van der Waals surface area contributed by atoms with Crippen LogP contribution in [0.1, 0.15) is 30.7 Å². The fourth-order valence-electron chi connectivity index (χ4n) is 2.51. The van der Waals surface area contributed by atoms with Gasteiger partial charge in [0.25, 0.3) is 5.56 Å². The third kappa shape index (κ3) is 3.33. The Kier molecular flexibility index (Phi) is 4.95. The molecular formula is C16H18N6OS. The van der Waals surface area contributed by atoms with Gasteiger partial charge in [0.2, 0.25) is 5.13 Å². The molecule has 0 fully saturated rings. The number of aromatic amines is 1. The largest absolute Gasteiger partial charge is 0.356 e. The van der Waals surface area contributed by atoms with E-state index in [0.29, 0.717) is 17.2 Å². The molecule has 0 aromatic carbocycles. The van der Waals surface area contributed by atoms with E-state index in [-0.39, 0.29) is 5.56 Å². The molecule has 24 heavy (non-hydrogen) atoms. The Morgan fingerprint density at radius 3 is 2.75 bits per heavy atom. The summed E-state index contributed by atoms with van der Waals surface area (Å²) in [5, 5.41) is 19.6. The predicted octanol–water partition coefficient (Wildman–Crippen LogP) is 2.42. The highest BCUT2D eigenvalue weighted by molar-refractivity contribution is 7.18. The molecule has 3 aromatic rings. The minimum Gasteiger partial charge on any atom is -0.356 e. The van der Waals surface area contributed by atoms with Crippen molar-refractivity contribution in [2.24, 2.45) is 0 Å². The van der Waals surface area contributed by atoms with Crippen molar-refractivity contribution in [2.45, 2.75) is 33.2 Å². The maximum atomic E-state index is 12.1. The molecule has 7 nitrogen and oxygen atoms in total. The zero-order chi connectivity index (χ0) is 16.9. The standard InChI is InChI=1S/C16H18N6OS/c1-3-10-11(14(23)20-19-12(10)4-2)9-18-16-22-21-15(24-16)13-7-5-6-8-17-13/h5-8H,3-4,9H2,1-2H3,(H,18,22)(H,20,23). The van der Waals surface area contributed by atoms with Gasteiger partial charge in [-0.25, -0.2) is 5.10 Å². The second-order valence-corrected chi connectivity index (χ2v) is 6.12. The monoisotopic (exact) mass is 342 g/mol. The molecule has 0 bridgehead atoms. The third-order valence-corrected chi connectivity index (χ3v) is 4.60. The molecule has 2 N–H and O–H groups in total. The van der Waals surface area contributed by atoms with Crippen LogP contribution in [-0.2, 0) is 19.4 Å². The number of hydrogen-bond donors (Lipinski definition) is 2. The number of aryl methyl sites for hydroxylation is 1. The van der Waals surface area contributed by atoms with Crippen LogP contribution in [0.15, 0.2) is 29.2 Å². The van der Waals surface area contributed by atoms with Gasteiger partial charge in [0.1, 0.15) is 5.69 Å². The quantitative estimate of drug-likeness (QED) is 0.714. The van der Waals surface area contributed by atoms with Crippen molar-refractivity contribution in [3.8, 4) is 10.7 Å². The van der Waals surface area contributed by atoms with Crippen molar-refractivity contribution >= 4 is 16.5 Å². The number of pyridine rings is 1. The normalized spacial score (nSPS) is 10.8. The molecule has 0 aliphatic carbocycles. The predicted molar refractivity (Wildman–Crippen MR) is 94.1 cm³/mol. The molecule has 0 saturated heterocycles. The Morgan fingerprint density at radius 1 is 1.17 bits per heavy atom. The number of hydrogen-bond acceptors (Lipinski definition) is 7. The van der Waals surface area contributed by atoms with Crippen molar-refractivity contribution in [2.75, 3.05) is 5.32 Å². The molecule has 0 saturated carbocycles. The summed E-state index contributed by atoms with van der Waals surface area (Å²) in [4.78, 5) is 16.4. The molecule has 3 rings (SSSR count). The molecule has 0 radical (unpaired) electrons. The third-order valence-electron chi connectivity index (χ3n) is 3.69. The number of H-pyrrole nitrogens is 1. The Balaban J connectivity index is 1.80. The first-order valence-electron chi connectivity index (χ1n) is 7.81. The second-order valence-electron chi connectivity index (χ2n) is 5.14. The molecule has 0 amide bonds. The minimum atomic E-state index is -0.161. The first kappa shape index (κ1) is 16.3. The van der Waals surface area contributed by atoms with Gasteiger partial charge in [0.05, 0.1) is 5.69 Å². The number of nitrogens with one attached hydrogen (secondary N) is 2. The molecule has 0 unspecified atom stereocenters.